The SMILES string of the molecule is Cc1ccccc1OCC(=O)O[C@H](C(=O)c1ccccc1)c1ccccc1. The first-order valence-corrected chi connectivity index (χ1v) is 8.67. The quantitative estimate of drug-likeness (QED) is 0.458. The molecule has 4 nitrogen and oxygen atoms in total. The standard InChI is InChI=1S/C23H20O4/c1-17-10-8-9-15-20(17)26-16-21(24)27-23(19-13-6-3-7-14-19)22(25)18-11-4-2-5-12-18/h2-15,23H,16H2,1H3/t23-/m0/s1. The number of esters is 1. The van der Waals surface area contributed by atoms with E-state index in [0.29, 0.717) is 16.9 Å². The van der Waals surface area contributed by atoms with E-state index in [4.69, 9.17) is 9.47 Å². The number of para-hydroxylation sites is 1. The van der Waals surface area contributed by atoms with Crippen molar-refractivity contribution in [2.75, 3.05) is 6.61 Å². The molecular formula is C23H20O4. The van der Waals surface area contributed by atoms with Crippen LogP contribution in [0.4, 0.5) is 0 Å². The fourth-order valence-corrected chi connectivity index (χ4v) is 2.68. The van der Waals surface area contributed by atoms with Crippen molar-refractivity contribution >= 4 is 11.8 Å². The topological polar surface area (TPSA) is 52.6 Å². The fraction of sp³-hybridized carbons (Fsp3) is 0.130. The zero-order chi connectivity index (χ0) is 19.1. The van der Waals surface area contributed by atoms with Gasteiger partial charge in [-0.15, -0.1) is 0 Å². The monoisotopic (exact) mass is 360 g/mol. The summed E-state index contributed by atoms with van der Waals surface area (Å²) < 4.78 is 11.0. The molecule has 0 fully saturated rings. The third-order valence-electron chi connectivity index (χ3n) is 4.09. The van der Waals surface area contributed by atoms with Gasteiger partial charge < -0.3 is 9.47 Å². The van der Waals surface area contributed by atoms with Gasteiger partial charge in [-0.25, -0.2) is 4.79 Å². The number of hydrogen-bond acceptors (Lipinski definition) is 4. The Bertz CT molecular complexity index is 904. The summed E-state index contributed by atoms with van der Waals surface area (Å²) in [7, 11) is 0. The van der Waals surface area contributed by atoms with E-state index in [1.54, 1.807) is 54.6 Å². The van der Waals surface area contributed by atoms with Crippen molar-refractivity contribution in [2.45, 2.75) is 13.0 Å². The summed E-state index contributed by atoms with van der Waals surface area (Å²) in [5.74, 6) is -0.262. The van der Waals surface area contributed by atoms with Crippen LogP contribution in [0.3, 0.4) is 0 Å². The molecule has 0 bridgehead atoms. The summed E-state index contributed by atoms with van der Waals surface area (Å²) in [6.45, 7) is 1.63. The predicted molar refractivity (Wildman–Crippen MR) is 103 cm³/mol. The van der Waals surface area contributed by atoms with Crippen LogP contribution in [0.5, 0.6) is 5.75 Å². The molecule has 0 aliphatic carbocycles. The first-order chi connectivity index (χ1) is 13.1. The van der Waals surface area contributed by atoms with Crippen molar-refractivity contribution in [2.24, 2.45) is 0 Å². The molecule has 0 aromatic heterocycles. The molecule has 3 rings (SSSR count). The molecule has 3 aromatic rings. The van der Waals surface area contributed by atoms with Crippen molar-refractivity contribution in [1.29, 1.82) is 0 Å². The van der Waals surface area contributed by atoms with Gasteiger partial charge in [0.25, 0.3) is 0 Å². The average Bonchev–Trinajstić information content (AvgIpc) is 2.72. The van der Waals surface area contributed by atoms with Gasteiger partial charge in [-0.3, -0.25) is 4.79 Å². The van der Waals surface area contributed by atoms with Crippen LogP contribution in [-0.2, 0) is 9.53 Å². The number of Topliss-reactive ketones (excluding diaryl/α,β-unsaturated/α-hetero) is 1. The number of ether oxygens (including phenoxy) is 2. The lowest BCUT2D eigenvalue weighted by Crippen LogP contribution is -2.23. The lowest BCUT2D eigenvalue weighted by Gasteiger charge is -2.18. The van der Waals surface area contributed by atoms with Crippen LogP contribution in [0, 0.1) is 6.92 Å². The Kier molecular flexibility index (Phi) is 6.00. The van der Waals surface area contributed by atoms with Crippen molar-refractivity contribution in [3.8, 4) is 5.75 Å². The van der Waals surface area contributed by atoms with Gasteiger partial charge in [0.15, 0.2) is 12.7 Å². The molecule has 0 saturated heterocycles. The van der Waals surface area contributed by atoms with Gasteiger partial charge in [0, 0.05) is 11.1 Å². The third-order valence-corrected chi connectivity index (χ3v) is 4.09. The maximum absolute atomic E-state index is 12.9. The first kappa shape index (κ1) is 18.4. The summed E-state index contributed by atoms with van der Waals surface area (Å²) in [6.07, 6.45) is -1.01. The minimum absolute atomic E-state index is 0.268. The zero-order valence-corrected chi connectivity index (χ0v) is 15.0. The van der Waals surface area contributed by atoms with E-state index in [0.717, 1.165) is 5.56 Å². The molecule has 0 radical (unpaired) electrons. The highest BCUT2D eigenvalue weighted by molar-refractivity contribution is 6.01. The van der Waals surface area contributed by atoms with Crippen LogP contribution in [0.1, 0.15) is 27.6 Å². The smallest absolute Gasteiger partial charge is 0.345 e. The Hall–Kier alpha value is -3.40. The van der Waals surface area contributed by atoms with Gasteiger partial charge in [-0.1, -0.05) is 78.9 Å². The Morgan fingerprint density at radius 1 is 0.815 bits per heavy atom. The van der Waals surface area contributed by atoms with Crippen LogP contribution in [0.15, 0.2) is 84.9 Å². The summed E-state index contributed by atoms with van der Waals surface area (Å²) >= 11 is 0. The third kappa shape index (κ3) is 4.82. The van der Waals surface area contributed by atoms with E-state index in [9.17, 15) is 9.59 Å². The highest BCUT2D eigenvalue weighted by Gasteiger charge is 2.26. The van der Waals surface area contributed by atoms with Gasteiger partial charge in [0.05, 0.1) is 0 Å². The zero-order valence-electron chi connectivity index (χ0n) is 15.0. The Balaban J connectivity index is 1.74. The van der Waals surface area contributed by atoms with Crippen LogP contribution >= 0.6 is 0 Å². The van der Waals surface area contributed by atoms with Gasteiger partial charge in [-0.05, 0) is 18.6 Å². The number of benzene rings is 3. The van der Waals surface area contributed by atoms with Gasteiger partial charge >= 0.3 is 5.97 Å². The Morgan fingerprint density at radius 2 is 1.41 bits per heavy atom. The van der Waals surface area contributed by atoms with Crippen LogP contribution in [-0.4, -0.2) is 18.4 Å². The maximum Gasteiger partial charge on any atom is 0.345 e. The second-order valence-electron chi connectivity index (χ2n) is 6.07. The van der Waals surface area contributed by atoms with E-state index < -0.39 is 12.1 Å². The minimum atomic E-state index is -1.01. The number of rotatable bonds is 7. The fourth-order valence-electron chi connectivity index (χ4n) is 2.68. The summed E-state index contributed by atoms with van der Waals surface area (Å²) in [5.41, 5.74) is 2.03. The summed E-state index contributed by atoms with van der Waals surface area (Å²) in [5, 5.41) is 0. The van der Waals surface area contributed by atoms with Gasteiger partial charge in [-0.2, -0.15) is 0 Å². The lowest BCUT2D eigenvalue weighted by atomic mass is 10.00. The second kappa shape index (κ2) is 8.81. The van der Waals surface area contributed by atoms with Gasteiger partial charge in [0.1, 0.15) is 5.75 Å². The van der Waals surface area contributed by atoms with E-state index in [-0.39, 0.29) is 12.4 Å². The Morgan fingerprint density at radius 3 is 2.07 bits per heavy atom. The van der Waals surface area contributed by atoms with Crippen molar-refractivity contribution in [3.05, 3.63) is 102 Å². The highest BCUT2D eigenvalue weighted by atomic mass is 16.6. The molecule has 0 N–H and O–H groups in total. The molecule has 0 spiro atoms. The van der Waals surface area contributed by atoms with Crippen LogP contribution < -0.4 is 4.74 Å². The normalized spacial score (nSPS) is 11.4. The molecule has 136 valence electrons. The predicted octanol–water partition coefficient (Wildman–Crippen LogP) is 4.54. The molecule has 1 atom stereocenters. The second-order valence-corrected chi connectivity index (χ2v) is 6.07. The van der Waals surface area contributed by atoms with Crippen molar-refractivity contribution in [1.82, 2.24) is 0 Å². The molecule has 0 aliphatic rings. The number of aryl methyl sites for hydroxylation is 1. The van der Waals surface area contributed by atoms with E-state index in [2.05, 4.69) is 0 Å². The van der Waals surface area contributed by atoms with Crippen molar-refractivity contribution in [3.63, 3.8) is 0 Å². The number of ketones is 1. The number of hydrogen-bond donors (Lipinski definition) is 0. The van der Waals surface area contributed by atoms with Gasteiger partial charge in [0.2, 0.25) is 5.78 Å². The van der Waals surface area contributed by atoms with Crippen molar-refractivity contribution < 1.29 is 19.1 Å². The Labute approximate surface area is 158 Å². The number of carbonyl (C=O) groups excluding carboxylic acids is 2. The summed E-state index contributed by atoms with van der Waals surface area (Å²) in [6, 6.07) is 25.2. The number of carbonyl (C=O) groups is 2. The molecule has 0 aliphatic heterocycles. The summed E-state index contributed by atoms with van der Waals surface area (Å²) in [4.78, 5) is 25.2. The van der Waals surface area contributed by atoms with E-state index >= 15 is 0 Å². The highest BCUT2D eigenvalue weighted by Crippen LogP contribution is 2.23. The molecule has 27 heavy (non-hydrogen) atoms. The molecule has 0 heterocycles. The van der Waals surface area contributed by atoms with E-state index in [1.807, 2.05) is 37.3 Å². The molecule has 0 amide bonds. The lowest BCUT2D eigenvalue weighted by molar-refractivity contribution is -0.149. The molecule has 4 heteroatoms. The largest absolute Gasteiger partial charge is 0.482 e. The van der Waals surface area contributed by atoms with E-state index in [1.165, 1.54) is 0 Å². The first-order valence-electron chi connectivity index (χ1n) is 8.67. The molecule has 0 unspecified atom stereocenters. The molecular weight excluding hydrogens is 340 g/mol. The van der Waals surface area contributed by atoms with Crippen LogP contribution in [0.2, 0.25) is 0 Å². The minimum Gasteiger partial charge on any atom is -0.482 e. The average molecular weight is 360 g/mol. The maximum atomic E-state index is 12.9. The molecule has 3 aromatic carbocycles. The molecule has 0 saturated carbocycles. The van der Waals surface area contributed by atoms with Crippen LogP contribution in [0.25, 0.3) is 0 Å².